The topological polar surface area (TPSA) is 80.4 Å². The van der Waals surface area contributed by atoms with Crippen molar-refractivity contribution in [3.05, 3.63) is 5.82 Å². The molecule has 0 radical (unpaired) electrons. The van der Waals surface area contributed by atoms with Crippen molar-refractivity contribution in [1.29, 1.82) is 0 Å². The normalized spacial score (nSPS) is 14.8. The molecule has 1 aromatic heterocycles. The average molecular weight is 212 g/mol. The summed E-state index contributed by atoms with van der Waals surface area (Å²) in [5, 5.41) is 21.2. The van der Waals surface area contributed by atoms with Crippen molar-refractivity contribution in [2.24, 2.45) is 5.10 Å². The van der Waals surface area contributed by atoms with E-state index in [2.05, 4.69) is 15.3 Å². The van der Waals surface area contributed by atoms with Crippen molar-refractivity contribution in [2.75, 3.05) is 5.75 Å². The Morgan fingerprint density at radius 1 is 1.64 bits per heavy atom. The third kappa shape index (κ3) is 1.63. The molecule has 0 aliphatic carbocycles. The van der Waals surface area contributed by atoms with Gasteiger partial charge in [0.2, 0.25) is 5.16 Å². The van der Waals surface area contributed by atoms with E-state index in [0.29, 0.717) is 17.3 Å². The van der Waals surface area contributed by atoms with Gasteiger partial charge in [-0.3, -0.25) is 4.79 Å². The molecule has 1 aliphatic rings. The van der Waals surface area contributed by atoms with Gasteiger partial charge < -0.3 is 5.11 Å². The summed E-state index contributed by atoms with van der Waals surface area (Å²) in [5.74, 6) is 0.387. The lowest BCUT2D eigenvalue weighted by Crippen LogP contribution is -2.16. The van der Waals surface area contributed by atoms with Gasteiger partial charge in [0, 0.05) is 5.75 Å². The Bertz CT molecular complexity index is 412. The molecule has 2 rings (SSSR count). The van der Waals surface area contributed by atoms with Crippen molar-refractivity contribution in [1.82, 2.24) is 14.9 Å². The van der Waals surface area contributed by atoms with Crippen molar-refractivity contribution in [3.8, 4) is 0 Å². The highest BCUT2D eigenvalue weighted by atomic mass is 32.2. The van der Waals surface area contributed by atoms with Gasteiger partial charge in [-0.25, -0.2) is 0 Å². The lowest BCUT2D eigenvalue weighted by molar-refractivity contribution is -0.135. The molecule has 2 heterocycles. The standard InChI is InChI=1S/C7H8N4O2S/c1-4-8-9-7-11(4)10-5(3-14-7)2-6(12)13/h2-3H2,1H3,(H,12,13). The van der Waals surface area contributed by atoms with Gasteiger partial charge in [-0.15, -0.1) is 10.2 Å². The first-order chi connectivity index (χ1) is 6.66. The smallest absolute Gasteiger partial charge is 0.309 e. The second kappa shape index (κ2) is 3.41. The maximum atomic E-state index is 10.5. The fraction of sp³-hybridized carbons (Fsp3) is 0.429. The third-order valence-electron chi connectivity index (χ3n) is 1.73. The maximum absolute atomic E-state index is 10.5. The van der Waals surface area contributed by atoms with Gasteiger partial charge >= 0.3 is 5.97 Å². The van der Waals surface area contributed by atoms with E-state index in [4.69, 9.17) is 5.11 Å². The summed E-state index contributed by atoms with van der Waals surface area (Å²) in [6.07, 6.45) is -0.0237. The number of carboxylic acid groups (broad SMARTS) is 1. The van der Waals surface area contributed by atoms with Gasteiger partial charge in [0.25, 0.3) is 0 Å². The van der Waals surface area contributed by atoms with Crippen molar-refractivity contribution in [3.63, 3.8) is 0 Å². The van der Waals surface area contributed by atoms with Crippen LogP contribution in [0.15, 0.2) is 10.3 Å². The van der Waals surface area contributed by atoms with Gasteiger partial charge in [-0.05, 0) is 6.92 Å². The van der Waals surface area contributed by atoms with Crippen LogP contribution < -0.4 is 0 Å². The molecule has 0 bridgehead atoms. The van der Waals surface area contributed by atoms with Crippen LogP contribution in [-0.4, -0.2) is 37.4 Å². The van der Waals surface area contributed by atoms with E-state index in [9.17, 15) is 4.79 Å². The number of aryl methyl sites for hydroxylation is 1. The number of rotatable bonds is 2. The first-order valence-corrected chi connectivity index (χ1v) is 4.98. The van der Waals surface area contributed by atoms with E-state index < -0.39 is 5.97 Å². The molecule has 0 saturated heterocycles. The molecule has 0 saturated carbocycles. The van der Waals surface area contributed by atoms with E-state index in [1.54, 1.807) is 11.6 Å². The Labute approximate surface area is 84.0 Å². The number of aliphatic carboxylic acids is 1. The van der Waals surface area contributed by atoms with Gasteiger partial charge in [-0.2, -0.15) is 9.78 Å². The van der Waals surface area contributed by atoms with E-state index in [0.717, 1.165) is 5.16 Å². The summed E-state index contributed by atoms with van der Waals surface area (Å²) in [7, 11) is 0. The summed E-state index contributed by atoms with van der Waals surface area (Å²) in [4.78, 5) is 10.5. The van der Waals surface area contributed by atoms with E-state index >= 15 is 0 Å². The minimum Gasteiger partial charge on any atom is -0.481 e. The van der Waals surface area contributed by atoms with E-state index in [1.807, 2.05) is 0 Å². The molecule has 0 aromatic carbocycles. The SMILES string of the molecule is Cc1nnc2n1N=C(CC(=O)O)CS2. The molecule has 0 amide bonds. The van der Waals surface area contributed by atoms with Crippen LogP contribution in [0.1, 0.15) is 12.2 Å². The molecular weight excluding hydrogens is 204 g/mol. The molecule has 1 aromatic rings. The highest BCUT2D eigenvalue weighted by Gasteiger charge is 2.17. The first-order valence-electron chi connectivity index (χ1n) is 4.00. The summed E-state index contributed by atoms with van der Waals surface area (Å²) in [6.45, 7) is 1.78. The Balaban J connectivity index is 2.29. The molecule has 74 valence electrons. The maximum Gasteiger partial charge on any atom is 0.309 e. The number of aromatic nitrogens is 3. The molecule has 1 aliphatic heterocycles. The molecule has 14 heavy (non-hydrogen) atoms. The van der Waals surface area contributed by atoms with Gasteiger partial charge in [-0.1, -0.05) is 11.8 Å². The zero-order valence-electron chi connectivity index (χ0n) is 7.47. The predicted octanol–water partition coefficient (Wildman–Crippen LogP) is 0.371. The van der Waals surface area contributed by atoms with E-state index in [1.165, 1.54) is 11.8 Å². The molecule has 0 fully saturated rings. The van der Waals surface area contributed by atoms with Crippen LogP contribution in [0.25, 0.3) is 0 Å². The minimum absolute atomic E-state index is 0.0237. The monoisotopic (exact) mass is 212 g/mol. The molecule has 7 heteroatoms. The van der Waals surface area contributed by atoms with E-state index in [-0.39, 0.29) is 6.42 Å². The number of nitrogens with zero attached hydrogens (tertiary/aromatic N) is 4. The highest BCUT2D eigenvalue weighted by molar-refractivity contribution is 7.99. The zero-order chi connectivity index (χ0) is 10.1. The number of hydrogen-bond donors (Lipinski definition) is 1. The Hall–Kier alpha value is -1.37. The molecule has 0 spiro atoms. The Morgan fingerprint density at radius 3 is 3.14 bits per heavy atom. The first kappa shape index (κ1) is 9.20. The Kier molecular flexibility index (Phi) is 2.24. The summed E-state index contributed by atoms with van der Waals surface area (Å²) >= 11 is 1.45. The third-order valence-corrected chi connectivity index (χ3v) is 2.72. The Morgan fingerprint density at radius 2 is 2.43 bits per heavy atom. The number of carbonyl (C=O) groups is 1. The summed E-state index contributed by atoms with van der Waals surface area (Å²) in [6, 6.07) is 0. The number of hydrogen-bond acceptors (Lipinski definition) is 5. The molecule has 6 nitrogen and oxygen atoms in total. The molecule has 0 unspecified atom stereocenters. The number of thioether (sulfide) groups is 1. The minimum atomic E-state index is -0.862. The van der Waals surface area contributed by atoms with Gasteiger partial charge in [0.15, 0.2) is 5.82 Å². The van der Waals surface area contributed by atoms with Crippen LogP contribution in [0.2, 0.25) is 0 Å². The second-order valence-corrected chi connectivity index (χ2v) is 3.81. The quantitative estimate of drug-likeness (QED) is 0.766. The average Bonchev–Trinajstić information content (AvgIpc) is 2.47. The van der Waals surface area contributed by atoms with Crippen molar-refractivity contribution >= 4 is 23.4 Å². The molecular formula is C7H8N4O2S. The van der Waals surface area contributed by atoms with Crippen molar-refractivity contribution < 1.29 is 9.90 Å². The van der Waals surface area contributed by atoms with Gasteiger partial charge in [0.1, 0.15) is 0 Å². The fourth-order valence-corrected chi connectivity index (χ4v) is 1.97. The van der Waals surface area contributed by atoms with Crippen LogP contribution in [0, 0.1) is 6.92 Å². The fourth-order valence-electron chi connectivity index (χ4n) is 1.12. The second-order valence-electron chi connectivity index (χ2n) is 2.87. The lowest BCUT2D eigenvalue weighted by atomic mass is 10.3. The largest absolute Gasteiger partial charge is 0.481 e. The van der Waals surface area contributed by atoms with Gasteiger partial charge in [0.05, 0.1) is 12.1 Å². The van der Waals surface area contributed by atoms with Crippen LogP contribution in [0.5, 0.6) is 0 Å². The molecule has 0 atom stereocenters. The number of fused-ring (bicyclic) bond motifs is 1. The lowest BCUT2D eigenvalue weighted by Gasteiger charge is -2.10. The van der Waals surface area contributed by atoms with Crippen molar-refractivity contribution in [2.45, 2.75) is 18.5 Å². The molecule has 1 N–H and O–H groups in total. The summed E-state index contributed by atoms with van der Waals surface area (Å²) < 4.78 is 1.58. The highest BCUT2D eigenvalue weighted by Crippen LogP contribution is 2.21. The van der Waals surface area contributed by atoms with Crippen LogP contribution in [-0.2, 0) is 4.79 Å². The number of carboxylic acids is 1. The zero-order valence-corrected chi connectivity index (χ0v) is 8.28. The summed E-state index contributed by atoms with van der Waals surface area (Å²) in [5.41, 5.74) is 0.637. The van der Waals surface area contributed by atoms with Crippen LogP contribution in [0.3, 0.4) is 0 Å². The van der Waals surface area contributed by atoms with Crippen LogP contribution in [0.4, 0.5) is 0 Å². The predicted molar refractivity (Wildman–Crippen MR) is 50.6 cm³/mol. The van der Waals surface area contributed by atoms with Crippen LogP contribution >= 0.6 is 11.8 Å².